The molecule has 1 saturated heterocycles. The largest absolute Gasteiger partial charge is 0.465 e. The average Bonchev–Trinajstić information content (AvgIpc) is 2.45. The Morgan fingerprint density at radius 1 is 1.33 bits per heavy atom. The lowest BCUT2D eigenvalue weighted by Gasteiger charge is -2.43. The molecule has 1 heterocycles. The second kappa shape index (κ2) is 6.72. The number of carbonyl (C=O) groups is 1. The number of anilines is 1. The molecule has 1 fully saturated rings. The minimum absolute atomic E-state index is 0.116. The maximum Gasteiger partial charge on any atom is 0.339 e. The molecule has 0 unspecified atom stereocenters. The predicted molar refractivity (Wildman–Crippen MR) is 78.9 cm³/mol. The molecule has 1 aliphatic rings. The zero-order valence-corrected chi connectivity index (χ0v) is 13.6. The molecule has 0 amide bonds. The first-order valence-electron chi connectivity index (χ1n) is 6.40. The molecule has 0 atom stereocenters. The summed E-state index contributed by atoms with van der Waals surface area (Å²) in [7, 11) is 4.43. The molecular weight excluding hydrogens is 345 g/mol. The Labute approximate surface area is 131 Å². The number of nitrogens with zero attached hydrogens (tertiary/aromatic N) is 1. The van der Waals surface area contributed by atoms with E-state index in [-0.39, 0.29) is 22.2 Å². The van der Waals surface area contributed by atoms with Gasteiger partial charge in [0.25, 0.3) is 0 Å². The van der Waals surface area contributed by atoms with Gasteiger partial charge in [0.1, 0.15) is 0 Å². The van der Waals surface area contributed by atoms with Crippen molar-refractivity contribution in [2.75, 3.05) is 39.3 Å². The van der Waals surface area contributed by atoms with E-state index in [0.717, 1.165) is 0 Å². The summed E-state index contributed by atoms with van der Waals surface area (Å²) in [6.07, 6.45) is -0.290. The Bertz CT molecular complexity index is 530. The molecule has 21 heavy (non-hydrogen) atoms. The number of esters is 1. The maximum atomic E-state index is 14.4. The number of hydrogen-bond donors (Lipinski definition) is 0. The fourth-order valence-corrected chi connectivity index (χ4v) is 2.91. The van der Waals surface area contributed by atoms with Crippen LogP contribution in [0.1, 0.15) is 10.4 Å². The molecule has 7 heteroatoms. The molecule has 0 bridgehead atoms. The smallest absolute Gasteiger partial charge is 0.339 e. The van der Waals surface area contributed by atoms with Crippen LogP contribution in [0.4, 0.5) is 10.1 Å². The molecule has 1 aliphatic heterocycles. The van der Waals surface area contributed by atoms with E-state index in [0.29, 0.717) is 18.8 Å². The molecular formula is C14H17BrFNO4. The summed E-state index contributed by atoms with van der Waals surface area (Å²) in [4.78, 5) is 13.4. The summed E-state index contributed by atoms with van der Waals surface area (Å²) >= 11 is 3.11. The monoisotopic (exact) mass is 361 g/mol. The molecule has 5 nitrogen and oxygen atoms in total. The van der Waals surface area contributed by atoms with Crippen LogP contribution in [-0.4, -0.2) is 46.7 Å². The minimum Gasteiger partial charge on any atom is -0.465 e. The first-order valence-corrected chi connectivity index (χ1v) is 7.19. The van der Waals surface area contributed by atoms with Gasteiger partial charge in [-0.25, -0.2) is 9.18 Å². The highest BCUT2D eigenvalue weighted by atomic mass is 79.9. The zero-order chi connectivity index (χ0) is 15.6. The van der Waals surface area contributed by atoms with Gasteiger partial charge >= 0.3 is 5.97 Å². The van der Waals surface area contributed by atoms with Crippen molar-refractivity contribution in [2.24, 2.45) is 5.92 Å². The van der Waals surface area contributed by atoms with Crippen LogP contribution in [0.5, 0.6) is 0 Å². The van der Waals surface area contributed by atoms with E-state index < -0.39 is 11.8 Å². The highest BCUT2D eigenvalue weighted by molar-refractivity contribution is 9.10. The van der Waals surface area contributed by atoms with Crippen LogP contribution in [0, 0.1) is 11.7 Å². The molecule has 0 aromatic heterocycles. The molecule has 0 spiro atoms. The third-order valence-electron chi connectivity index (χ3n) is 3.57. The molecule has 0 N–H and O–H groups in total. The van der Waals surface area contributed by atoms with E-state index in [1.54, 1.807) is 26.4 Å². The second-order valence-corrected chi connectivity index (χ2v) is 5.55. The van der Waals surface area contributed by atoms with E-state index in [4.69, 9.17) is 9.47 Å². The van der Waals surface area contributed by atoms with E-state index >= 15 is 0 Å². The first kappa shape index (κ1) is 16.2. The fraction of sp³-hybridized carbons (Fsp3) is 0.500. The van der Waals surface area contributed by atoms with Gasteiger partial charge in [-0.15, -0.1) is 0 Å². The second-order valence-electron chi connectivity index (χ2n) is 4.76. The van der Waals surface area contributed by atoms with Crippen LogP contribution in [0.15, 0.2) is 16.6 Å². The lowest BCUT2D eigenvalue weighted by Crippen LogP contribution is -2.53. The number of ether oxygens (including phenoxy) is 3. The number of methoxy groups -OCH3 is 3. The summed E-state index contributed by atoms with van der Waals surface area (Å²) in [5.74, 6) is -0.853. The van der Waals surface area contributed by atoms with Crippen LogP contribution in [0.2, 0.25) is 0 Å². The van der Waals surface area contributed by atoms with Crippen LogP contribution in [0.3, 0.4) is 0 Å². The molecule has 0 radical (unpaired) electrons. The van der Waals surface area contributed by atoms with E-state index in [9.17, 15) is 9.18 Å². The topological polar surface area (TPSA) is 48.0 Å². The third-order valence-corrected chi connectivity index (χ3v) is 4.34. The average molecular weight is 362 g/mol. The van der Waals surface area contributed by atoms with Gasteiger partial charge in [-0.2, -0.15) is 0 Å². The quantitative estimate of drug-likeness (QED) is 0.595. The van der Waals surface area contributed by atoms with E-state index in [1.807, 2.05) is 4.90 Å². The van der Waals surface area contributed by atoms with Crippen LogP contribution in [-0.2, 0) is 14.2 Å². The third kappa shape index (κ3) is 3.04. The molecule has 1 aromatic rings. The number of benzene rings is 1. The molecule has 116 valence electrons. The first-order chi connectivity index (χ1) is 10.0. The Kier molecular flexibility index (Phi) is 5.18. The van der Waals surface area contributed by atoms with Crippen molar-refractivity contribution in [3.8, 4) is 0 Å². The van der Waals surface area contributed by atoms with E-state index in [1.165, 1.54) is 7.11 Å². The van der Waals surface area contributed by atoms with Crippen molar-refractivity contribution < 1.29 is 23.4 Å². The van der Waals surface area contributed by atoms with Gasteiger partial charge in [0.2, 0.25) is 0 Å². The van der Waals surface area contributed by atoms with Gasteiger partial charge in [0.05, 0.1) is 22.8 Å². The van der Waals surface area contributed by atoms with Crippen LogP contribution in [0.25, 0.3) is 0 Å². The number of carbonyl (C=O) groups excluding carboxylic acids is 1. The summed E-state index contributed by atoms with van der Waals surface area (Å²) in [6.45, 7) is 1.26. The summed E-state index contributed by atoms with van der Waals surface area (Å²) < 4.78 is 29.5. The number of hydrogen-bond acceptors (Lipinski definition) is 5. The summed E-state index contributed by atoms with van der Waals surface area (Å²) in [5, 5.41) is 0. The van der Waals surface area contributed by atoms with Crippen molar-refractivity contribution >= 4 is 27.6 Å². The maximum absolute atomic E-state index is 14.4. The Morgan fingerprint density at radius 3 is 2.48 bits per heavy atom. The molecule has 0 saturated carbocycles. The SMILES string of the molecule is COC(=O)c1ccc(N2CC(C(OC)OC)C2)c(F)c1Br. The van der Waals surface area contributed by atoms with Crippen molar-refractivity contribution in [2.45, 2.75) is 6.29 Å². The lowest BCUT2D eigenvalue weighted by atomic mass is 9.98. The van der Waals surface area contributed by atoms with Crippen LogP contribution < -0.4 is 4.90 Å². The zero-order valence-electron chi connectivity index (χ0n) is 12.1. The number of rotatable bonds is 5. The van der Waals surface area contributed by atoms with E-state index in [2.05, 4.69) is 20.7 Å². The van der Waals surface area contributed by atoms with Gasteiger partial charge in [0, 0.05) is 33.2 Å². The van der Waals surface area contributed by atoms with Crippen molar-refractivity contribution in [3.63, 3.8) is 0 Å². The summed E-state index contributed by atoms with van der Waals surface area (Å²) in [6, 6.07) is 3.13. The lowest BCUT2D eigenvalue weighted by molar-refractivity contribution is -0.142. The van der Waals surface area contributed by atoms with Gasteiger partial charge in [0.15, 0.2) is 12.1 Å². The molecule has 1 aromatic carbocycles. The van der Waals surface area contributed by atoms with Gasteiger partial charge in [-0.3, -0.25) is 0 Å². The molecule has 2 rings (SSSR count). The summed E-state index contributed by atoms with van der Waals surface area (Å²) in [5.41, 5.74) is 0.610. The van der Waals surface area contributed by atoms with Crippen LogP contribution >= 0.6 is 15.9 Å². The Hall–Kier alpha value is -1.18. The Balaban J connectivity index is 2.13. The standard InChI is InChI=1S/C14H17BrFNO4/c1-19-13(18)9-4-5-10(12(16)11(9)15)17-6-8(7-17)14(20-2)21-3/h4-5,8,14H,6-7H2,1-3H3. The molecule has 0 aliphatic carbocycles. The Morgan fingerprint density at radius 2 is 1.95 bits per heavy atom. The van der Waals surface area contributed by atoms with Gasteiger partial charge < -0.3 is 19.1 Å². The van der Waals surface area contributed by atoms with Gasteiger partial charge in [-0.05, 0) is 28.1 Å². The minimum atomic E-state index is -0.576. The highest BCUT2D eigenvalue weighted by Gasteiger charge is 2.35. The highest BCUT2D eigenvalue weighted by Crippen LogP contribution is 2.34. The van der Waals surface area contributed by atoms with Crippen molar-refractivity contribution in [1.82, 2.24) is 0 Å². The predicted octanol–water partition coefficient (Wildman–Crippen LogP) is 2.43. The fourth-order valence-electron chi connectivity index (χ4n) is 2.41. The van der Waals surface area contributed by atoms with Crippen molar-refractivity contribution in [1.29, 1.82) is 0 Å². The normalized spacial score (nSPS) is 15.2. The van der Waals surface area contributed by atoms with Gasteiger partial charge in [-0.1, -0.05) is 0 Å². The number of halogens is 2. The van der Waals surface area contributed by atoms with Crippen molar-refractivity contribution in [3.05, 3.63) is 28.0 Å².